The molecule has 0 fully saturated rings. The maximum atomic E-state index is 12.0. The van der Waals surface area contributed by atoms with Crippen molar-refractivity contribution in [2.24, 2.45) is 0 Å². The van der Waals surface area contributed by atoms with Crippen LogP contribution in [0, 0.1) is 17.0 Å². The lowest BCUT2D eigenvalue weighted by atomic mass is 10.2. The highest BCUT2D eigenvalue weighted by Crippen LogP contribution is 2.24. The van der Waals surface area contributed by atoms with Crippen LogP contribution in [0.15, 0.2) is 50.7 Å². The molecule has 0 bridgehead atoms. The predicted molar refractivity (Wildman–Crippen MR) is 89.2 cm³/mol. The third kappa shape index (κ3) is 4.04. The van der Waals surface area contributed by atoms with E-state index in [9.17, 15) is 14.9 Å². The van der Waals surface area contributed by atoms with Crippen molar-refractivity contribution in [1.29, 1.82) is 0 Å². The van der Waals surface area contributed by atoms with Gasteiger partial charge in [-0.2, -0.15) is 0 Å². The summed E-state index contributed by atoms with van der Waals surface area (Å²) < 4.78 is 10.5. The van der Waals surface area contributed by atoms with E-state index in [4.69, 9.17) is 8.83 Å². The molecule has 25 heavy (non-hydrogen) atoms. The van der Waals surface area contributed by atoms with Crippen molar-refractivity contribution in [2.75, 3.05) is 11.1 Å². The molecule has 0 saturated heterocycles. The van der Waals surface area contributed by atoms with Crippen molar-refractivity contribution in [3.63, 3.8) is 0 Å². The summed E-state index contributed by atoms with van der Waals surface area (Å²) in [5, 5.41) is 21.3. The number of hydrogen-bond acceptors (Lipinski definition) is 8. The van der Waals surface area contributed by atoms with Crippen LogP contribution in [0.2, 0.25) is 0 Å². The molecule has 2 aromatic heterocycles. The number of aryl methyl sites for hydroxylation is 1. The number of aromatic nitrogens is 2. The van der Waals surface area contributed by atoms with E-state index in [0.717, 1.165) is 11.8 Å². The number of hydrogen-bond donors (Lipinski definition) is 1. The summed E-state index contributed by atoms with van der Waals surface area (Å²) in [5.41, 5.74) is 1.09. The van der Waals surface area contributed by atoms with E-state index in [1.807, 2.05) is 0 Å². The molecule has 1 aromatic carbocycles. The largest absolute Gasteiger partial charge is 0.459 e. The Hall–Kier alpha value is -3.14. The van der Waals surface area contributed by atoms with Crippen LogP contribution in [0.3, 0.4) is 0 Å². The van der Waals surface area contributed by atoms with Gasteiger partial charge in [-0.05, 0) is 30.7 Å². The number of rotatable bonds is 6. The van der Waals surface area contributed by atoms with Gasteiger partial charge in [-0.25, -0.2) is 0 Å². The highest BCUT2D eigenvalue weighted by Gasteiger charge is 2.14. The summed E-state index contributed by atoms with van der Waals surface area (Å²) in [5.74, 6) is 0.445. The standard InChI is InChI=1S/C15H12N4O5S/c1-9-7-10(19(21)22)4-5-11(9)16-13(20)8-25-15-18-17-14(24-15)12-3-2-6-23-12/h2-7H,8H2,1H3,(H,16,20). The molecule has 0 saturated carbocycles. The number of nitro benzene ring substituents is 1. The molecular weight excluding hydrogens is 348 g/mol. The third-order valence-corrected chi connectivity index (χ3v) is 3.98. The molecule has 0 spiro atoms. The van der Waals surface area contributed by atoms with Gasteiger partial charge in [0.05, 0.1) is 16.9 Å². The van der Waals surface area contributed by atoms with Crippen LogP contribution in [0.5, 0.6) is 0 Å². The fraction of sp³-hybridized carbons (Fsp3) is 0.133. The molecule has 10 heteroatoms. The molecule has 0 unspecified atom stereocenters. The Balaban J connectivity index is 1.57. The minimum absolute atomic E-state index is 0.0267. The molecule has 1 amide bonds. The number of nitro groups is 1. The van der Waals surface area contributed by atoms with Gasteiger partial charge in [-0.1, -0.05) is 11.8 Å². The van der Waals surface area contributed by atoms with Gasteiger partial charge in [0.1, 0.15) is 0 Å². The minimum Gasteiger partial charge on any atom is -0.459 e. The number of non-ortho nitro benzene ring substituents is 1. The number of benzene rings is 1. The number of carbonyl (C=O) groups is 1. The second-order valence-corrected chi connectivity index (χ2v) is 5.87. The maximum absolute atomic E-state index is 12.0. The zero-order chi connectivity index (χ0) is 17.8. The number of nitrogens with one attached hydrogen (secondary N) is 1. The lowest BCUT2D eigenvalue weighted by Crippen LogP contribution is -2.14. The first-order valence-electron chi connectivity index (χ1n) is 7.08. The highest BCUT2D eigenvalue weighted by molar-refractivity contribution is 7.99. The molecule has 3 aromatic rings. The van der Waals surface area contributed by atoms with Gasteiger partial charge in [0.25, 0.3) is 16.8 Å². The first-order valence-corrected chi connectivity index (χ1v) is 8.06. The maximum Gasteiger partial charge on any atom is 0.284 e. The van der Waals surface area contributed by atoms with Crippen LogP contribution < -0.4 is 5.32 Å². The van der Waals surface area contributed by atoms with Gasteiger partial charge in [0.2, 0.25) is 5.91 Å². The lowest BCUT2D eigenvalue weighted by Gasteiger charge is -2.07. The zero-order valence-electron chi connectivity index (χ0n) is 13.0. The number of furan rings is 1. The van der Waals surface area contributed by atoms with Crippen LogP contribution >= 0.6 is 11.8 Å². The van der Waals surface area contributed by atoms with Crippen LogP contribution in [0.4, 0.5) is 11.4 Å². The van der Waals surface area contributed by atoms with Gasteiger partial charge < -0.3 is 14.2 Å². The van der Waals surface area contributed by atoms with Crippen molar-refractivity contribution >= 4 is 29.0 Å². The topological polar surface area (TPSA) is 124 Å². The van der Waals surface area contributed by atoms with E-state index >= 15 is 0 Å². The highest BCUT2D eigenvalue weighted by atomic mass is 32.2. The fourth-order valence-corrected chi connectivity index (χ4v) is 2.55. The van der Waals surface area contributed by atoms with E-state index in [0.29, 0.717) is 17.0 Å². The van der Waals surface area contributed by atoms with Crippen molar-refractivity contribution in [1.82, 2.24) is 10.2 Å². The van der Waals surface area contributed by atoms with Crippen LogP contribution in [0.25, 0.3) is 11.7 Å². The number of thioether (sulfide) groups is 1. The summed E-state index contributed by atoms with van der Waals surface area (Å²) in [6, 6.07) is 7.62. The van der Waals surface area contributed by atoms with Crippen LogP contribution in [0.1, 0.15) is 5.56 Å². The van der Waals surface area contributed by atoms with Crippen molar-refractivity contribution in [3.05, 3.63) is 52.3 Å². The molecule has 2 heterocycles. The monoisotopic (exact) mass is 360 g/mol. The minimum atomic E-state index is -0.485. The van der Waals surface area contributed by atoms with E-state index in [1.165, 1.54) is 24.5 Å². The molecule has 0 aliphatic rings. The van der Waals surface area contributed by atoms with E-state index < -0.39 is 4.92 Å². The van der Waals surface area contributed by atoms with Crippen LogP contribution in [-0.2, 0) is 4.79 Å². The molecule has 128 valence electrons. The molecule has 0 radical (unpaired) electrons. The molecule has 3 rings (SSSR count). The Morgan fingerprint density at radius 1 is 1.36 bits per heavy atom. The van der Waals surface area contributed by atoms with Gasteiger partial charge in [0, 0.05) is 17.8 Å². The summed E-state index contributed by atoms with van der Waals surface area (Å²) in [6.07, 6.45) is 1.49. The number of nitrogens with zero attached hydrogens (tertiary/aromatic N) is 3. The van der Waals surface area contributed by atoms with E-state index in [1.54, 1.807) is 19.1 Å². The van der Waals surface area contributed by atoms with Crippen LogP contribution in [-0.4, -0.2) is 26.8 Å². The first kappa shape index (κ1) is 16.7. The summed E-state index contributed by atoms with van der Waals surface area (Å²) in [7, 11) is 0. The van der Waals surface area contributed by atoms with Gasteiger partial charge in [-0.3, -0.25) is 14.9 Å². The van der Waals surface area contributed by atoms with E-state index in [-0.39, 0.29) is 28.5 Å². The molecule has 0 atom stereocenters. The van der Waals surface area contributed by atoms with Crippen molar-refractivity contribution in [3.8, 4) is 11.7 Å². The summed E-state index contributed by atoms with van der Waals surface area (Å²) in [6.45, 7) is 1.68. The third-order valence-electron chi connectivity index (χ3n) is 3.16. The first-order chi connectivity index (χ1) is 12.0. The average Bonchev–Trinajstić information content (AvgIpc) is 3.25. The predicted octanol–water partition coefficient (Wildman–Crippen LogP) is 3.28. The zero-order valence-corrected chi connectivity index (χ0v) is 13.8. The smallest absolute Gasteiger partial charge is 0.284 e. The number of carbonyl (C=O) groups excluding carboxylic acids is 1. The average molecular weight is 360 g/mol. The van der Waals surface area contributed by atoms with Gasteiger partial charge in [0.15, 0.2) is 5.76 Å². The molecule has 9 nitrogen and oxygen atoms in total. The molecule has 0 aliphatic carbocycles. The van der Waals surface area contributed by atoms with Gasteiger partial charge in [-0.15, -0.1) is 10.2 Å². The normalized spacial score (nSPS) is 10.6. The number of amides is 1. The Morgan fingerprint density at radius 3 is 2.88 bits per heavy atom. The quantitative estimate of drug-likeness (QED) is 0.403. The Kier molecular flexibility index (Phi) is 4.80. The molecular formula is C15H12N4O5S. The fourth-order valence-electron chi connectivity index (χ4n) is 1.98. The van der Waals surface area contributed by atoms with Crippen molar-refractivity contribution < 1.29 is 18.6 Å². The molecule has 0 aliphatic heterocycles. The summed E-state index contributed by atoms with van der Waals surface area (Å²) in [4.78, 5) is 22.3. The molecule has 1 N–H and O–H groups in total. The Labute approximate surface area is 145 Å². The Morgan fingerprint density at radius 2 is 2.20 bits per heavy atom. The van der Waals surface area contributed by atoms with Gasteiger partial charge >= 0.3 is 0 Å². The van der Waals surface area contributed by atoms with Crippen molar-refractivity contribution in [2.45, 2.75) is 12.1 Å². The second-order valence-electron chi connectivity index (χ2n) is 4.94. The second kappa shape index (κ2) is 7.18. The SMILES string of the molecule is Cc1cc([N+](=O)[O-])ccc1NC(=O)CSc1nnc(-c2ccco2)o1. The number of anilines is 1. The summed E-state index contributed by atoms with van der Waals surface area (Å²) >= 11 is 1.08. The van der Waals surface area contributed by atoms with E-state index in [2.05, 4.69) is 15.5 Å². The lowest BCUT2D eigenvalue weighted by molar-refractivity contribution is -0.384. The Bertz CT molecular complexity index is 907.